The summed E-state index contributed by atoms with van der Waals surface area (Å²) < 4.78 is 0. The van der Waals surface area contributed by atoms with Crippen LogP contribution < -0.4 is 5.32 Å². The van der Waals surface area contributed by atoms with Gasteiger partial charge in [0, 0.05) is 17.7 Å². The van der Waals surface area contributed by atoms with E-state index in [0.717, 1.165) is 18.2 Å². The molecule has 1 amide bonds. The summed E-state index contributed by atoms with van der Waals surface area (Å²) in [5.74, 6) is -1.76. The molecule has 0 heterocycles. The van der Waals surface area contributed by atoms with E-state index in [1.54, 1.807) is 13.0 Å². The fourth-order valence-corrected chi connectivity index (χ4v) is 1.56. The number of aromatic carboxylic acids is 1. The number of anilines is 1. The minimum atomic E-state index is -1.27. The lowest BCUT2D eigenvalue weighted by Crippen LogP contribution is -2.15. The zero-order valence-electron chi connectivity index (χ0n) is 11.0. The van der Waals surface area contributed by atoms with Crippen LogP contribution in [0.5, 0.6) is 0 Å². The van der Waals surface area contributed by atoms with Crippen LogP contribution in [0.15, 0.2) is 29.8 Å². The monoisotopic (exact) mass is 278 g/mol. The van der Waals surface area contributed by atoms with Crippen molar-refractivity contribution in [1.82, 2.24) is 0 Å². The Balaban J connectivity index is 3.17. The molecule has 0 saturated carbocycles. The van der Waals surface area contributed by atoms with Gasteiger partial charge in [0.05, 0.1) is 16.2 Å². The van der Waals surface area contributed by atoms with Gasteiger partial charge in [-0.1, -0.05) is 13.0 Å². The molecule has 20 heavy (non-hydrogen) atoms. The Morgan fingerprint density at radius 3 is 2.60 bits per heavy atom. The van der Waals surface area contributed by atoms with Crippen molar-refractivity contribution < 1.29 is 19.6 Å². The largest absolute Gasteiger partial charge is 0.478 e. The molecule has 106 valence electrons. The maximum atomic E-state index is 11.8. The van der Waals surface area contributed by atoms with Gasteiger partial charge in [0.2, 0.25) is 0 Å². The summed E-state index contributed by atoms with van der Waals surface area (Å²) in [6.45, 7) is 3.43. The number of hydrogen-bond acceptors (Lipinski definition) is 4. The summed E-state index contributed by atoms with van der Waals surface area (Å²) in [5, 5.41) is 22.1. The number of nitrogens with zero attached hydrogens (tertiary/aromatic N) is 1. The Morgan fingerprint density at radius 2 is 2.10 bits per heavy atom. The molecule has 1 aromatic rings. The first-order valence-corrected chi connectivity index (χ1v) is 5.86. The van der Waals surface area contributed by atoms with Crippen molar-refractivity contribution in [3.05, 3.63) is 45.5 Å². The van der Waals surface area contributed by atoms with Gasteiger partial charge in [-0.05, 0) is 19.4 Å². The first-order chi connectivity index (χ1) is 9.36. The van der Waals surface area contributed by atoms with Crippen molar-refractivity contribution in [2.75, 3.05) is 5.32 Å². The average Bonchev–Trinajstić information content (AvgIpc) is 2.38. The molecular weight excluding hydrogens is 264 g/mol. The molecule has 2 N–H and O–H groups in total. The number of carboxylic acid groups (broad SMARTS) is 1. The topological polar surface area (TPSA) is 110 Å². The fourth-order valence-electron chi connectivity index (χ4n) is 1.56. The number of nitrogens with one attached hydrogen (secondary N) is 1. The van der Waals surface area contributed by atoms with Gasteiger partial charge in [-0.25, -0.2) is 4.79 Å². The highest BCUT2D eigenvalue weighted by atomic mass is 16.6. The minimum Gasteiger partial charge on any atom is -0.478 e. The normalized spacial score (nSPS) is 11.0. The van der Waals surface area contributed by atoms with Gasteiger partial charge in [-0.15, -0.1) is 0 Å². The van der Waals surface area contributed by atoms with Gasteiger partial charge in [-0.3, -0.25) is 14.9 Å². The second-order valence-electron chi connectivity index (χ2n) is 4.04. The molecule has 0 saturated heterocycles. The molecule has 7 nitrogen and oxygen atoms in total. The highest BCUT2D eigenvalue weighted by Gasteiger charge is 2.17. The van der Waals surface area contributed by atoms with Crippen molar-refractivity contribution in [3.63, 3.8) is 0 Å². The number of hydrogen-bond donors (Lipinski definition) is 2. The number of allylic oxidation sites excluding steroid dienone is 1. The van der Waals surface area contributed by atoms with Gasteiger partial charge in [0.15, 0.2) is 0 Å². The van der Waals surface area contributed by atoms with E-state index in [1.165, 1.54) is 0 Å². The highest BCUT2D eigenvalue weighted by molar-refractivity contribution is 6.07. The lowest BCUT2D eigenvalue weighted by atomic mass is 10.1. The zero-order chi connectivity index (χ0) is 15.3. The number of rotatable bonds is 5. The zero-order valence-corrected chi connectivity index (χ0v) is 11.0. The molecular formula is C13H14N2O5. The third-order valence-electron chi connectivity index (χ3n) is 2.56. The van der Waals surface area contributed by atoms with Gasteiger partial charge in [-0.2, -0.15) is 0 Å². The van der Waals surface area contributed by atoms with Crippen LogP contribution >= 0.6 is 0 Å². The number of carbonyl (C=O) groups excluding carboxylic acids is 1. The number of carboxylic acids is 1. The number of nitro benzene ring substituents is 1. The van der Waals surface area contributed by atoms with Crippen molar-refractivity contribution in [1.29, 1.82) is 0 Å². The van der Waals surface area contributed by atoms with Gasteiger partial charge in [0.1, 0.15) is 0 Å². The molecule has 0 aliphatic rings. The van der Waals surface area contributed by atoms with Gasteiger partial charge < -0.3 is 10.4 Å². The van der Waals surface area contributed by atoms with E-state index in [0.29, 0.717) is 12.0 Å². The van der Waals surface area contributed by atoms with Gasteiger partial charge >= 0.3 is 5.97 Å². The molecule has 0 bridgehead atoms. The van der Waals surface area contributed by atoms with Crippen LogP contribution in [0.3, 0.4) is 0 Å². The average molecular weight is 278 g/mol. The summed E-state index contributed by atoms with van der Waals surface area (Å²) in [5.41, 5.74) is -0.174. The maximum Gasteiger partial charge on any atom is 0.337 e. The van der Waals surface area contributed by atoms with Gasteiger partial charge in [0.25, 0.3) is 11.6 Å². The predicted octanol–water partition coefficient (Wildman–Crippen LogP) is 2.59. The number of non-ortho nitro benzene ring substituents is 1. The van der Waals surface area contributed by atoms with Crippen molar-refractivity contribution in [2.45, 2.75) is 20.3 Å². The lowest BCUT2D eigenvalue weighted by Gasteiger charge is -2.08. The number of amides is 1. The van der Waals surface area contributed by atoms with Crippen LogP contribution in [0.2, 0.25) is 0 Å². The van der Waals surface area contributed by atoms with E-state index in [1.807, 2.05) is 6.92 Å². The quantitative estimate of drug-likeness (QED) is 0.488. The molecule has 0 spiro atoms. The number of carbonyl (C=O) groups is 2. The highest BCUT2D eigenvalue weighted by Crippen LogP contribution is 2.23. The molecule has 1 aromatic carbocycles. The summed E-state index contributed by atoms with van der Waals surface area (Å²) in [4.78, 5) is 32.9. The Kier molecular flexibility index (Phi) is 4.96. The second kappa shape index (κ2) is 6.46. The van der Waals surface area contributed by atoms with E-state index >= 15 is 0 Å². The molecule has 0 aliphatic carbocycles. The molecule has 7 heteroatoms. The van der Waals surface area contributed by atoms with E-state index in [-0.39, 0.29) is 16.9 Å². The summed E-state index contributed by atoms with van der Waals surface area (Å²) in [7, 11) is 0. The summed E-state index contributed by atoms with van der Waals surface area (Å²) >= 11 is 0. The molecule has 0 fully saturated rings. The second-order valence-corrected chi connectivity index (χ2v) is 4.04. The van der Waals surface area contributed by atoms with Crippen molar-refractivity contribution in [2.24, 2.45) is 0 Å². The first-order valence-electron chi connectivity index (χ1n) is 5.86. The smallest absolute Gasteiger partial charge is 0.337 e. The fraction of sp³-hybridized carbons (Fsp3) is 0.231. The van der Waals surface area contributed by atoms with Crippen molar-refractivity contribution in [3.8, 4) is 0 Å². The third-order valence-corrected chi connectivity index (χ3v) is 2.56. The van der Waals surface area contributed by atoms with E-state index < -0.39 is 16.8 Å². The van der Waals surface area contributed by atoms with Crippen LogP contribution in [0, 0.1) is 10.1 Å². The molecule has 0 atom stereocenters. The maximum absolute atomic E-state index is 11.8. The van der Waals surface area contributed by atoms with E-state index in [9.17, 15) is 19.7 Å². The Hall–Kier alpha value is -2.70. The SMILES string of the molecule is CCC=C(C)C(=O)Nc1cc([N+](=O)[O-])ccc1C(=O)O. The van der Waals surface area contributed by atoms with E-state index in [4.69, 9.17) is 5.11 Å². The Morgan fingerprint density at radius 1 is 1.45 bits per heavy atom. The minimum absolute atomic E-state index is 0.0967. The summed E-state index contributed by atoms with van der Waals surface area (Å²) in [6.07, 6.45) is 2.33. The van der Waals surface area contributed by atoms with Crippen LogP contribution in [0.4, 0.5) is 11.4 Å². The Labute approximate surface area is 115 Å². The number of nitro groups is 1. The lowest BCUT2D eigenvalue weighted by molar-refractivity contribution is -0.384. The molecule has 0 aromatic heterocycles. The molecule has 0 radical (unpaired) electrons. The third kappa shape index (κ3) is 3.64. The van der Waals surface area contributed by atoms with E-state index in [2.05, 4.69) is 5.32 Å². The van der Waals surface area contributed by atoms with Crippen LogP contribution in [-0.4, -0.2) is 21.9 Å². The summed E-state index contributed by atoms with van der Waals surface area (Å²) in [6, 6.07) is 3.20. The predicted molar refractivity (Wildman–Crippen MR) is 72.7 cm³/mol. The standard InChI is InChI=1S/C13H14N2O5/c1-3-4-8(2)12(16)14-11-7-9(15(19)20)5-6-10(11)13(17)18/h4-7H,3H2,1-2H3,(H,14,16)(H,17,18). The molecule has 0 aliphatic heterocycles. The van der Waals surface area contributed by atoms with Crippen LogP contribution in [0.1, 0.15) is 30.6 Å². The number of benzene rings is 1. The Bertz CT molecular complexity index is 592. The first kappa shape index (κ1) is 15.4. The van der Waals surface area contributed by atoms with Crippen molar-refractivity contribution >= 4 is 23.3 Å². The van der Waals surface area contributed by atoms with Crippen LogP contribution in [0.25, 0.3) is 0 Å². The molecule has 1 rings (SSSR count). The van der Waals surface area contributed by atoms with Crippen LogP contribution in [-0.2, 0) is 4.79 Å². The molecule has 0 unspecified atom stereocenters.